The van der Waals surface area contributed by atoms with Crippen molar-refractivity contribution in [3.05, 3.63) is 48.3 Å². The molecule has 0 aliphatic heterocycles. The van der Waals surface area contributed by atoms with Crippen LogP contribution in [0.4, 0.5) is 0 Å². The van der Waals surface area contributed by atoms with Crippen LogP contribution in [-0.2, 0) is 11.3 Å². The number of carbonyl (C=O) groups is 2. The highest BCUT2D eigenvalue weighted by Gasteiger charge is 2.28. The Balaban J connectivity index is 2.03. The fraction of sp³-hybridized carbons (Fsp3) is 0.375. The quantitative estimate of drug-likeness (QED) is 0.888. The second-order valence-corrected chi connectivity index (χ2v) is 5.45. The highest BCUT2D eigenvalue weighted by atomic mass is 16.3. The van der Waals surface area contributed by atoms with E-state index in [0.717, 1.165) is 0 Å². The van der Waals surface area contributed by atoms with Gasteiger partial charge in [0.25, 0.3) is 5.91 Å². The lowest BCUT2D eigenvalue weighted by molar-refractivity contribution is -0.133. The molecule has 0 saturated carbocycles. The first-order valence-corrected chi connectivity index (χ1v) is 7.10. The van der Waals surface area contributed by atoms with Gasteiger partial charge in [0.15, 0.2) is 5.76 Å². The van der Waals surface area contributed by atoms with Gasteiger partial charge in [-0.05, 0) is 30.2 Å². The van der Waals surface area contributed by atoms with Gasteiger partial charge in [0.05, 0.1) is 19.1 Å². The molecule has 1 atom stereocenters. The van der Waals surface area contributed by atoms with Crippen LogP contribution in [0.15, 0.2) is 45.6 Å². The summed E-state index contributed by atoms with van der Waals surface area (Å²) in [7, 11) is 1.68. The average molecular weight is 304 g/mol. The van der Waals surface area contributed by atoms with Crippen LogP contribution in [0.25, 0.3) is 0 Å². The lowest BCUT2D eigenvalue weighted by Gasteiger charge is -2.26. The Bertz CT molecular complexity index is 602. The van der Waals surface area contributed by atoms with Gasteiger partial charge in [-0.1, -0.05) is 13.8 Å². The van der Waals surface area contributed by atoms with E-state index in [1.54, 1.807) is 37.6 Å². The Kier molecular flexibility index (Phi) is 5.04. The molecule has 1 unspecified atom stereocenters. The highest BCUT2D eigenvalue weighted by Crippen LogP contribution is 2.11. The molecule has 2 aromatic rings. The van der Waals surface area contributed by atoms with Gasteiger partial charge in [0, 0.05) is 7.05 Å². The van der Waals surface area contributed by atoms with E-state index in [1.165, 1.54) is 11.2 Å². The van der Waals surface area contributed by atoms with Crippen LogP contribution in [-0.4, -0.2) is 29.8 Å². The standard InChI is InChI=1S/C16H20N2O4/c1-11(2)14(17-15(19)13-7-5-9-22-13)16(20)18(3)10-12-6-4-8-21-12/h4-9,11,14H,10H2,1-3H3,(H,17,19). The van der Waals surface area contributed by atoms with E-state index >= 15 is 0 Å². The summed E-state index contributed by atoms with van der Waals surface area (Å²) in [6, 6.07) is 6.13. The number of nitrogens with one attached hydrogen (secondary N) is 1. The summed E-state index contributed by atoms with van der Waals surface area (Å²) in [5.74, 6) is 0.253. The zero-order valence-electron chi connectivity index (χ0n) is 12.9. The molecule has 0 aliphatic carbocycles. The zero-order chi connectivity index (χ0) is 16.1. The molecule has 118 valence electrons. The monoisotopic (exact) mass is 304 g/mol. The molecular weight excluding hydrogens is 284 g/mol. The second kappa shape index (κ2) is 6.98. The van der Waals surface area contributed by atoms with Gasteiger partial charge < -0.3 is 19.1 Å². The number of rotatable bonds is 6. The lowest BCUT2D eigenvalue weighted by atomic mass is 10.0. The van der Waals surface area contributed by atoms with Crippen LogP contribution < -0.4 is 5.32 Å². The maximum absolute atomic E-state index is 12.6. The minimum Gasteiger partial charge on any atom is -0.467 e. The van der Waals surface area contributed by atoms with Crippen LogP contribution in [0, 0.1) is 5.92 Å². The smallest absolute Gasteiger partial charge is 0.287 e. The van der Waals surface area contributed by atoms with Crippen molar-refractivity contribution in [2.75, 3.05) is 7.05 Å². The first-order chi connectivity index (χ1) is 10.5. The minimum absolute atomic E-state index is 0.0505. The predicted octanol–water partition coefficient (Wildman–Crippen LogP) is 2.29. The van der Waals surface area contributed by atoms with Gasteiger partial charge >= 0.3 is 0 Å². The Labute approximate surface area is 129 Å². The van der Waals surface area contributed by atoms with Gasteiger partial charge in [-0.3, -0.25) is 9.59 Å². The molecule has 6 heteroatoms. The minimum atomic E-state index is -0.627. The third-order valence-corrected chi connectivity index (χ3v) is 3.31. The van der Waals surface area contributed by atoms with Crippen molar-refractivity contribution in [1.29, 1.82) is 0 Å². The number of carbonyl (C=O) groups excluding carboxylic acids is 2. The van der Waals surface area contributed by atoms with E-state index in [4.69, 9.17) is 8.83 Å². The van der Waals surface area contributed by atoms with Crippen LogP contribution in [0.3, 0.4) is 0 Å². The van der Waals surface area contributed by atoms with Crippen LogP contribution >= 0.6 is 0 Å². The van der Waals surface area contributed by atoms with Gasteiger partial charge in [-0.15, -0.1) is 0 Å². The Morgan fingerprint density at radius 1 is 1.18 bits per heavy atom. The molecule has 0 fully saturated rings. The number of furan rings is 2. The van der Waals surface area contributed by atoms with Gasteiger partial charge in [0.1, 0.15) is 11.8 Å². The summed E-state index contributed by atoms with van der Waals surface area (Å²) >= 11 is 0. The largest absolute Gasteiger partial charge is 0.467 e. The summed E-state index contributed by atoms with van der Waals surface area (Å²) in [5.41, 5.74) is 0. The van der Waals surface area contributed by atoms with E-state index in [9.17, 15) is 9.59 Å². The maximum atomic E-state index is 12.6. The van der Waals surface area contributed by atoms with E-state index in [2.05, 4.69) is 5.32 Å². The molecule has 0 bridgehead atoms. The number of hydrogen-bond donors (Lipinski definition) is 1. The third kappa shape index (κ3) is 3.78. The maximum Gasteiger partial charge on any atom is 0.287 e. The Morgan fingerprint density at radius 3 is 2.41 bits per heavy atom. The summed E-state index contributed by atoms with van der Waals surface area (Å²) in [4.78, 5) is 26.2. The normalized spacial score (nSPS) is 12.2. The SMILES string of the molecule is CC(C)C(NC(=O)c1ccco1)C(=O)N(C)Cc1ccco1. The molecule has 2 aromatic heterocycles. The van der Waals surface area contributed by atoms with Gasteiger partial charge in [0.2, 0.25) is 5.91 Å². The molecular formula is C16H20N2O4. The lowest BCUT2D eigenvalue weighted by Crippen LogP contribution is -2.49. The predicted molar refractivity (Wildman–Crippen MR) is 80.0 cm³/mol. The zero-order valence-corrected chi connectivity index (χ0v) is 12.9. The summed E-state index contributed by atoms with van der Waals surface area (Å²) in [6.45, 7) is 4.11. The van der Waals surface area contributed by atoms with E-state index in [1.807, 2.05) is 13.8 Å². The van der Waals surface area contributed by atoms with Crippen molar-refractivity contribution < 1.29 is 18.4 Å². The summed E-state index contributed by atoms with van der Waals surface area (Å²) < 4.78 is 10.3. The number of hydrogen-bond acceptors (Lipinski definition) is 4. The Morgan fingerprint density at radius 2 is 1.86 bits per heavy atom. The molecule has 6 nitrogen and oxygen atoms in total. The first-order valence-electron chi connectivity index (χ1n) is 7.10. The number of likely N-dealkylation sites (N-methyl/N-ethyl adjacent to an activating group) is 1. The van der Waals surface area contributed by atoms with Crippen molar-refractivity contribution in [3.8, 4) is 0 Å². The van der Waals surface area contributed by atoms with Crippen molar-refractivity contribution in [1.82, 2.24) is 10.2 Å². The van der Waals surface area contributed by atoms with E-state index in [0.29, 0.717) is 12.3 Å². The molecule has 1 N–H and O–H groups in total. The molecule has 2 rings (SSSR count). The molecule has 2 amide bonds. The van der Waals surface area contributed by atoms with Crippen LogP contribution in [0.1, 0.15) is 30.2 Å². The second-order valence-electron chi connectivity index (χ2n) is 5.45. The van der Waals surface area contributed by atoms with Crippen LogP contribution in [0.5, 0.6) is 0 Å². The van der Waals surface area contributed by atoms with E-state index < -0.39 is 11.9 Å². The van der Waals surface area contributed by atoms with Gasteiger partial charge in [-0.2, -0.15) is 0 Å². The fourth-order valence-electron chi connectivity index (χ4n) is 2.09. The number of nitrogens with zero attached hydrogens (tertiary/aromatic N) is 1. The molecule has 0 radical (unpaired) electrons. The molecule has 0 spiro atoms. The van der Waals surface area contributed by atoms with Gasteiger partial charge in [-0.25, -0.2) is 0 Å². The fourth-order valence-corrected chi connectivity index (χ4v) is 2.09. The van der Waals surface area contributed by atoms with Crippen molar-refractivity contribution in [2.24, 2.45) is 5.92 Å². The molecule has 22 heavy (non-hydrogen) atoms. The molecule has 2 heterocycles. The Hall–Kier alpha value is -2.50. The first kappa shape index (κ1) is 15.9. The topological polar surface area (TPSA) is 75.7 Å². The summed E-state index contributed by atoms with van der Waals surface area (Å²) in [6.07, 6.45) is 2.98. The molecule has 0 saturated heterocycles. The van der Waals surface area contributed by atoms with Crippen molar-refractivity contribution in [3.63, 3.8) is 0 Å². The molecule has 0 aliphatic rings. The third-order valence-electron chi connectivity index (χ3n) is 3.31. The van der Waals surface area contributed by atoms with Crippen molar-refractivity contribution >= 4 is 11.8 Å². The summed E-state index contributed by atoms with van der Waals surface area (Å²) in [5, 5.41) is 2.72. The highest BCUT2D eigenvalue weighted by molar-refractivity contribution is 5.95. The number of amides is 2. The average Bonchev–Trinajstić information content (AvgIpc) is 3.16. The van der Waals surface area contributed by atoms with Crippen LogP contribution in [0.2, 0.25) is 0 Å². The van der Waals surface area contributed by atoms with E-state index in [-0.39, 0.29) is 17.6 Å². The van der Waals surface area contributed by atoms with Crippen molar-refractivity contribution in [2.45, 2.75) is 26.4 Å². The molecule has 0 aromatic carbocycles.